The predicted octanol–water partition coefficient (Wildman–Crippen LogP) is 2.52. The fourth-order valence-corrected chi connectivity index (χ4v) is 2.33. The third-order valence-corrected chi connectivity index (χ3v) is 3.69. The molecule has 1 saturated heterocycles. The fourth-order valence-electron chi connectivity index (χ4n) is 2.15. The number of hydrogen-bond acceptors (Lipinski definition) is 2. The minimum atomic E-state index is 0.664. The van der Waals surface area contributed by atoms with E-state index >= 15 is 0 Å². The van der Waals surface area contributed by atoms with E-state index in [0.29, 0.717) is 16.1 Å². The van der Waals surface area contributed by atoms with Crippen molar-refractivity contribution >= 4 is 23.0 Å². The maximum absolute atomic E-state index is 5.97. The second-order valence-corrected chi connectivity index (χ2v) is 4.97. The van der Waals surface area contributed by atoms with Gasteiger partial charge in [-0.15, -0.1) is 0 Å². The van der Waals surface area contributed by atoms with Crippen molar-refractivity contribution in [2.24, 2.45) is 5.41 Å². The predicted molar refractivity (Wildman–Crippen MR) is 59.7 cm³/mol. The third kappa shape index (κ3) is 1.17. The highest BCUT2D eigenvalue weighted by Gasteiger charge is 2.52. The zero-order valence-electron chi connectivity index (χ0n) is 7.96. The molecule has 1 saturated carbocycles. The Bertz CT molecular complexity index is 377. The van der Waals surface area contributed by atoms with Crippen LogP contribution in [0.3, 0.4) is 0 Å². The van der Waals surface area contributed by atoms with Crippen LogP contribution in [0, 0.1) is 5.41 Å². The van der Waals surface area contributed by atoms with E-state index in [9.17, 15) is 0 Å². The molecule has 0 unspecified atom stereocenters. The molecule has 0 radical (unpaired) electrons. The van der Waals surface area contributed by atoms with E-state index in [1.807, 2.05) is 12.1 Å². The lowest BCUT2D eigenvalue weighted by Crippen LogP contribution is -2.48. The highest BCUT2D eigenvalue weighted by Crippen LogP contribution is 2.54. The van der Waals surface area contributed by atoms with Crippen LogP contribution in [0.15, 0.2) is 18.2 Å². The summed E-state index contributed by atoms with van der Waals surface area (Å²) in [5.74, 6) is 0. The summed E-state index contributed by atoms with van der Waals surface area (Å²) in [6.45, 7) is 2.40. The summed E-state index contributed by atoms with van der Waals surface area (Å²) in [5, 5.41) is 0.666. The number of halogens is 1. The first kappa shape index (κ1) is 8.42. The van der Waals surface area contributed by atoms with Crippen molar-refractivity contribution in [2.75, 3.05) is 23.7 Å². The van der Waals surface area contributed by atoms with Gasteiger partial charge in [0.2, 0.25) is 0 Å². The molecule has 2 N–H and O–H groups in total. The monoisotopic (exact) mass is 208 g/mol. The molecule has 2 nitrogen and oxygen atoms in total. The molecule has 74 valence electrons. The Morgan fingerprint density at radius 2 is 2.00 bits per heavy atom. The van der Waals surface area contributed by atoms with Gasteiger partial charge in [0, 0.05) is 24.2 Å². The molecule has 3 rings (SSSR count). The van der Waals surface area contributed by atoms with Gasteiger partial charge >= 0.3 is 0 Å². The molecule has 2 fully saturated rings. The number of hydrogen-bond donors (Lipinski definition) is 1. The second kappa shape index (κ2) is 2.57. The number of nitrogens with zero attached hydrogens (tertiary/aromatic N) is 1. The lowest BCUT2D eigenvalue weighted by atomic mass is 9.96. The summed E-state index contributed by atoms with van der Waals surface area (Å²) in [4.78, 5) is 2.37. The minimum absolute atomic E-state index is 0.664. The van der Waals surface area contributed by atoms with E-state index in [1.54, 1.807) is 0 Å². The van der Waals surface area contributed by atoms with Gasteiger partial charge in [-0.2, -0.15) is 0 Å². The quantitative estimate of drug-likeness (QED) is 0.719. The number of benzene rings is 1. The highest BCUT2D eigenvalue weighted by atomic mass is 35.5. The van der Waals surface area contributed by atoms with Crippen molar-refractivity contribution in [3.63, 3.8) is 0 Å². The number of nitrogens with two attached hydrogens (primary N) is 1. The topological polar surface area (TPSA) is 29.3 Å². The largest absolute Gasteiger partial charge is 0.398 e. The van der Waals surface area contributed by atoms with Crippen LogP contribution in [0.25, 0.3) is 0 Å². The summed E-state index contributed by atoms with van der Waals surface area (Å²) < 4.78 is 0. The zero-order valence-corrected chi connectivity index (χ0v) is 8.72. The summed E-state index contributed by atoms with van der Waals surface area (Å²) in [5.41, 5.74) is 8.23. The Kier molecular flexibility index (Phi) is 1.55. The minimum Gasteiger partial charge on any atom is -0.398 e. The first-order chi connectivity index (χ1) is 6.69. The SMILES string of the molecule is Nc1ccc(N2CC3(CC3)C2)cc1Cl. The van der Waals surface area contributed by atoms with Crippen LogP contribution in [-0.2, 0) is 0 Å². The van der Waals surface area contributed by atoms with Gasteiger partial charge in [0.25, 0.3) is 0 Å². The maximum atomic E-state index is 5.97. The Morgan fingerprint density at radius 3 is 2.57 bits per heavy atom. The standard InChI is InChI=1S/C11H13ClN2/c12-9-5-8(1-2-10(9)13)14-6-11(7-14)3-4-11/h1-2,5H,3-4,6-7,13H2. The van der Waals surface area contributed by atoms with Crippen molar-refractivity contribution in [3.05, 3.63) is 23.2 Å². The molecule has 1 aliphatic carbocycles. The highest BCUT2D eigenvalue weighted by molar-refractivity contribution is 6.33. The van der Waals surface area contributed by atoms with Crippen molar-refractivity contribution in [1.29, 1.82) is 0 Å². The van der Waals surface area contributed by atoms with E-state index in [2.05, 4.69) is 11.0 Å². The number of rotatable bonds is 1. The second-order valence-electron chi connectivity index (χ2n) is 4.56. The molecule has 1 aromatic rings. The van der Waals surface area contributed by atoms with E-state index in [1.165, 1.54) is 31.6 Å². The van der Waals surface area contributed by atoms with E-state index in [4.69, 9.17) is 17.3 Å². The Hall–Kier alpha value is -0.890. The van der Waals surface area contributed by atoms with Gasteiger partial charge in [0.1, 0.15) is 0 Å². The van der Waals surface area contributed by atoms with Crippen molar-refractivity contribution in [3.8, 4) is 0 Å². The molecule has 1 heterocycles. The summed E-state index contributed by atoms with van der Waals surface area (Å²) in [7, 11) is 0. The molecule has 1 spiro atoms. The van der Waals surface area contributed by atoms with Crippen LogP contribution < -0.4 is 10.6 Å². The molecule has 2 aliphatic rings. The Labute approximate surface area is 88.6 Å². The fraction of sp³-hybridized carbons (Fsp3) is 0.455. The molecule has 0 aromatic heterocycles. The molecule has 14 heavy (non-hydrogen) atoms. The van der Waals surface area contributed by atoms with Crippen molar-refractivity contribution in [1.82, 2.24) is 0 Å². The third-order valence-electron chi connectivity index (χ3n) is 3.36. The van der Waals surface area contributed by atoms with Gasteiger partial charge in [0.15, 0.2) is 0 Å². The van der Waals surface area contributed by atoms with Crippen molar-refractivity contribution < 1.29 is 0 Å². The van der Waals surface area contributed by atoms with E-state index in [-0.39, 0.29) is 0 Å². The molecule has 0 atom stereocenters. The lowest BCUT2D eigenvalue weighted by molar-refractivity contribution is 0.387. The Balaban J connectivity index is 1.80. The molecule has 0 amide bonds. The van der Waals surface area contributed by atoms with Gasteiger partial charge in [-0.3, -0.25) is 0 Å². The summed E-state index contributed by atoms with van der Waals surface area (Å²) in [6, 6.07) is 5.90. The first-order valence-corrected chi connectivity index (χ1v) is 5.36. The Morgan fingerprint density at radius 1 is 1.29 bits per heavy atom. The average molecular weight is 209 g/mol. The molecule has 1 aliphatic heterocycles. The van der Waals surface area contributed by atoms with Gasteiger partial charge in [-0.05, 0) is 31.0 Å². The van der Waals surface area contributed by atoms with Gasteiger partial charge in [-0.1, -0.05) is 11.6 Å². The summed E-state index contributed by atoms with van der Waals surface area (Å²) in [6.07, 6.45) is 2.82. The normalized spacial score (nSPS) is 22.2. The average Bonchev–Trinajstić information content (AvgIpc) is 2.87. The van der Waals surface area contributed by atoms with Crippen LogP contribution >= 0.6 is 11.6 Å². The van der Waals surface area contributed by atoms with E-state index in [0.717, 1.165) is 0 Å². The van der Waals surface area contributed by atoms with Crippen LogP contribution in [-0.4, -0.2) is 13.1 Å². The smallest absolute Gasteiger partial charge is 0.0656 e. The van der Waals surface area contributed by atoms with Gasteiger partial charge in [-0.25, -0.2) is 0 Å². The lowest BCUT2D eigenvalue weighted by Gasteiger charge is -2.42. The van der Waals surface area contributed by atoms with Gasteiger partial charge < -0.3 is 10.6 Å². The van der Waals surface area contributed by atoms with Crippen LogP contribution in [0.1, 0.15) is 12.8 Å². The molecular formula is C11H13ClN2. The van der Waals surface area contributed by atoms with Crippen LogP contribution in [0.5, 0.6) is 0 Å². The number of nitrogen functional groups attached to an aromatic ring is 1. The van der Waals surface area contributed by atoms with Crippen LogP contribution in [0.2, 0.25) is 5.02 Å². The van der Waals surface area contributed by atoms with Crippen LogP contribution in [0.4, 0.5) is 11.4 Å². The number of anilines is 2. The van der Waals surface area contributed by atoms with E-state index < -0.39 is 0 Å². The molecule has 3 heteroatoms. The zero-order chi connectivity index (χ0) is 9.76. The molecule has 0 bridgehead atoms. The van der Waals surface area contributed by atoms with Crippen molar-refractivity contribution in [2.45, 2.75) is 12.8 Å². The summed E-state index contributed by atoms with van der Waals surface area (Å²) >= 11 is 5.97. The molecular weight excluding hydrogens is 196 g/mol. The van der Waals surface area contributed by atoms with Gasteiger partial charge in [0.05, 0.1) is 10.7 Å². The maximum Gasteiger partial charge on any atom is 0.0656 e. The first-order valence-electron chi connectivity index (χ1n) is 4.99. The molecule has 1 aromatic carbocycles.